The van der Waals surface area contributed by atoms with Crippen LogP contribution in [0.4, 0.5) is 0 Å². The molecular weight excluding hydrogens is 212 g/mol. The number of rotatable bonds is 3. The fraction of sp³-hybridized carbons (Fsp3) is 0.200. The molecule has 2 nitrogen and oxygen atoms in total. The minimum absolute atomic E-state index is 0.228. The Labute approximate surface area is 101 Å². The highest BCUT2D eigenvalue weighted by atomic mass is 16.3. The lowest BCUT2D eigenvalue weighted by Crippen LogP contribution is -2.24. The monoisotopic (exact) mass is 228 g/mol. The van der Waals surface area contributed by atoms with Crippen molar-refractivity contribution in [3.8, 4) is 5.75 Å². The Balaban J connectivity index is 2.23. The second-order valence-electron chi connectivity index (χ2n) is 4.49. The Hall–Kier alpha value is -1.80. The predicted molar refractivity (Wildman–Crippen MR) is 67.8 cm³/mol. The van der Waals surface area contributed by atoms with Crippen molar-refractivity contribution in [2.24, 2.45) is 0 Å². The summed E-state index contributed by atoms with van der Waals surface area (Å²) in [6, 6.07) is 16.5. The van der Waals surface area contributed by atoms with Crippen LogP contribution >= 0.6 is 0 Å². The van der Waals surface area contributed by atoms with Crippen LogP contribution < -0.4 is 0 Å². The standard InChI is InChI=1S/C15H16O2/c1-15(17,13-7-3-2-4-8-13)11-12-6-5-9-14(16)10-12/h2-10,16-17H,11H2,1H3. The Morgan fingerprint density at radius 2 is 1.71 bits per heavy atom. The average Bonchev–Trinajstić information content (AvgIpc) is 2.29. The van der Waals surface area contributed by atoms with E-state index in [2.05, 4.69) is 0 Å². The fourth-order valence-corrected chi connectivity index (χ4v) is 1.96. The Morgan fingerprint density at radius 3 is 2.35 bits per heavy atom. The van der Waals surface area contributed by atoms with E-state index in [4.69, 9.17) is 0 Å². The van der Waals surface area contributed by atoms with Gasteiger partial charge in [-0.2, -0.15) is 0 Å². The molecule has 1 unspecified atom stereocenters. The average molecular weight is 228 g/mol. The number of benzene rings is 2. The topological polar surface area (TPSA) is 40.5 Å². The van der Waals surface area contributed by atoms with Crippen LogP contribution in [-0.4, -0.2) is 10.2 Å². The summed E-state index contributed by atoms with van der Waals surface area (Å²) in [5.41, 5.74) is 0.872. The van der Waals surface area contributed by atoms with Gasteiger partial charge in [0.25, 0.3) is 0 Å². The summed E-state index contributed by atoms with van der Waals surface area (Å²) < 4.78 is 0. The first-order valence-electron chi connectivity index (χ1n) is 5.64. The molecule has 0 aliphatic rings. The molecule has 88 valence electrons. The molecule has 2 aromatic carbocycles. The van der Waals surface area contributed by atoms with Crippen molar-refractivity contribution < 1.29 is 10.2 Å². The van der Waals surface area contributed by atoms with Crippen LogP contribution in [0.5, 0.6) is 5.75 Å². The predicted octanol–water partition coefficient (Wildman–Crippen LogP) is 2.84. The molecular formula is C15H16O2. The highest BCUT2D eigenvalue weighted by Gasteiger charge is 2.23. The summed E-state index contributed by atoms with van der Waals surface area (Å²) in [4.78, 5) is 0. The van der Waals surface area contributed by atoms with Crippen molar-refractivity contribution >= 4 is 0 Å². The van der Waals surface area contributed by atoms with E-state index in [9.17, 15) is 10.2 Å². The van der Waals surface area contributed by atoms with E-state index in [-0.39, 0.29) is 5.75 Å². The number of phenolic OH excluding ortho intramolecular Hbond substituents is 1. The van der Waals surface area contributed by atoms with Gasteiger partial charge in [-0.05, 0) is 30.2 Å². The molecule has 0 radical (unpaired) electrons. The quantitative estimate of drug-likeness (QED) is 0.848. The number of aliphatic hydroxyl groups is 1. The van der Waals surface area contributed by atoms with E-state index >= 15 is 0 Å². The lowest BCUT2D eigenvalue weighted by Gasteiger charge is -2.24. The third-order valence-corrected chi connectivity index (χ3v) is 2.85. The van der Waals surface area contributed by atoms with E-state index < -0.39 is 5.60 Å². The number of hydrogen-bond acceptors (Lipinski definition) is 2. The molecule has 2 N–H and O–H groups in total. The van der Waals surface area contributed by atoms with Crippen LogP contribution in [0.1, 0.15) is 18.1 Å². The molecule has 0 spiro atoms. The molecule has 0 saturated carbocycles. The Kier molecular flexibility index (Phi) is 3.16. The summed E-state index contributed by atoms with van der Waals surface area (Å²) in [6.07, 6.45) is 0.478. The van der Waals surface area contributed by atoms with Gasteiger partial charge in [-0.1, -0.05) is 42.5 Å². The molecule has 2 rings (SSSR count). The van der Waals surface area contributed by atoms with Gasteiger partial charge in [-0.15, -0.1) is 0 Å². The molecule has 0 aromatic heterocycles. The van der Waals surface area contributed by atoms with Crippen molar-refractivity contribution in [3.63, 3.8) is 0 Å². The first-order chi connectivity index (χ1) is 8.08. The smallest absolute Gasteiger partial charge is 0.115 e. The van der Waals surface area contributed by atoms with E-state index in [1.807, 2.05) is 36.4 Å². The summed E-state index contributed by atoms with van der Waals surface area (Å²) in [5, 5.41) is 19.8. The molecule has 0 bridgehead atoms. The fourth-order valence-electron chi connectivity index (χ4n) is 1.96. The van der Waals surface area contributed by atoms with E-state index in [1.54, 1.807) is 25.1 Å². The molecule has 0 aliphatic carbocycles. The molecule has 0 fully saturated rings. The second-order valence-corrected chi connectivity index (χ2v) is 4.49. The van der Waals surface area contributed by atoms with E-state index in [1.165, 1.54) is 0 Å². The van der Waals surface area contributed by atoms with Crippen molar-refractivity contribution in [3.05, 3.63) is 65.7 Å². The Morgan fingerprint density at radius 1 is 1.00 bits per heavy atom. The van der Waals surface area contributed by atoms with Gasteiger partial charge in [0.15, 0.2) is 0 Å². The SMILES string of the molecule is CC(O)(Cc1cccc(O)c1)c1ccccc1. The zero-order valence-electron chi connectivity index (χ0n) is 9.80. The van der Waals surface area contributed by atoms with Crippen molar-refractivity contribution in [1.82, 2.24) is 0 Å². The third-order valence-electron chi connectivity index (χ3n) is 2.85. The van der Waals surface area contributed by atoms with Gasteiger partial charge in [0.05, 0.1) is 5.60 Å². The van der Waals surface area contributed by atoms with Gasteiger partial charge in [0, 0.05) is 6.42 Å². The summed E-state index contributed by atoms with van der Waals surface area (Å²) in [7, 11) is 0. The van der Waals surface area contributed by atoms with Gasteiger partial charge in [0.2, 0.25) is 0 Å². The Bertz CT molecular complexity index is 489. The minimum atomic E-state index is -0.922. The van der Waals surface area contributed by atoms with Gasteiger partial charge >= 0.3 is 0 Å². The molecule has 0 heterocycles. The second kappa shape index (κ2) is 4.60. The first-order valence-corrected chi connectivity index (χ1v) is 5.64. The zero-order chi connectivity index (χ0) is 12.3. The van der Waals surface area contributed by atoms with Crippen LogP contribution in [0.15, 0.2) is 54.6 Å². The van der Waals surface area contributed by atoms with Crippen LogP contribution in [0.3, 0.4) is 0 Å². The number of phenols is 1. The zero-order valence-corrected chi connectivity index (χ0v) is 9.80. The van der Waals surface area contributed by atoms with Crippen LogP contribution in [0.25, 0.3) is 0 Å². The molecule has 2 heteroatoms. The number of hydrogen-bond donors (Lipinski definition) is 2. The van der Waals surface area contributed by atoms with Crippen LogP contribution in [-0.2, 0) is 12.0 Å². The first kappa shape index (κ1) is 11.7. The van der Waals surface area contributed by atoms with Crippen molar-refractivity contribution in [2.45, 2.75) is 18.9 Å². The summed E-state index contributed by atoms with van der Waals surface area (Å²) in [6.45, 7) is 1.78. The highest BCUT2D eigenvalue weighted by Crippen LogP contribution is 2.26. The third kappa shape index (κ3) is 2.86. The van der Waals surface area contributed by atoms with Crippen LogP contribution in [0, 0.1) is 0 Å². The molecule has 0 saturated heterocycles. The maximum absolute atomic E-state index is 10.4. The lowest BCUT2D eigenvalue weighted by atomic mass is 9.89. The van der Waals surface area contributed by atoms with E-state index in [0.717, 1.165) is 11.1 Å². The molecule has 1 atom stereocenters. The maximum atomic E-state index is 10.4. The minimum Gasteiger partial charge on any atom is -0.508 e. The maximum Gasteiger partial charge on any atom is 0.115 e. The summed E-state index contributed by atoms with van der Waals surface area (Å²) >= 11 is 0. The van der Waals surface area contributed by atoms with Gasteiger partial charge in [0.1, 0.15) is 5.75 Å². The lowest BCUT2D eigenvalue weighted by molar-refractivity contribution is 0.0576. The molecule has 17 heavy (non-hydrogen) atoms. The van der Waals surface area contributed by atoms with Gasteiger partial charge in [-0.25, -0.2) is 0 Å². The molecule has 0 amide bonds. The van der Waals surface area contributed by atoms with Crippen LogP contribution in [0.2, 0.25) is 0 Å². The number of aromatic hydroxyl groups is 1. The van der Waals surface area contributed by atoms with E-state index in [0.29, 0.717) is 6.42 Å². The van der Waals surface area contributed by atoms with Gasteiger partial charge < -0.3 is 10.2 Å². The molecule has 0 aliphatic heterocycles. The van der Waals surface area contributed by atoms with Crippen molar-refractivity contribution in [1.29, 1.82) is 0 Å². The summed E-state index contributed by atoms with van der Waals surface area (Å²) in [5.74, 6) is 0.228. The van der Waals surface area contributed by atoms with Crippen molar-refractivity contribution in [2.75, 3.05) is 0 Å². The molecule has 2 aromatic rings. The van der Waals surface area contributed by atoms with Gasteiger partial charge in [-0.3, -0.25) is 0 Å². The largest absolute Gasteiger partial charge is 0.508 e. The normalized spacial score (nSPS) is 14.2. The highest BCUT2D eigenvalue weighted by molar-refractivity contribution is 5.30.